The molecular weight excluding hydrogens is 178 g/mol. The van der Waals surface area contributed by atoms with Gasteiger partial charge in [-0.1, -0.05) is 6.08 Å². The Morgan fingerprint density at radius 2 is 2.00 bits per heavy atom. The quantitative estimate of drug-likeness (QED) is 0.641. The molecule has 0 unspecified atom stereocenters. The lowest BCUT2D eigenvalue weighted by atomic mass is 10.4. The summed E-state index contributed by atoms with van der Waals surface area (Å²) in [5.41, 5.74) is 0. The number of nitrogens with zero attached hydrogens (tertiary/aromatic N) is 2. The molecular formula is C10H21N3O. The molecule has 0 aliphatic heterocycles. The first-order chi connectivity index (χ1) is 6.57. The Balaban J connectivity index is 3.56. The highest BCUT2D eigenvalue weighted by Gasteiger charge is 2.05. The Hall–Kier alpha value is -1.03. The molecule has 2 amide bonds. The minimum atomic E-state index is -0.0383. The Labute approximate surface area is 86.6 Å². The summed E-state index contributed by atoms with van der Waals surface area (Å²) in [6.07, 6.45) is 2.66. The molecule has 0 atom stereocenters. The van der Waals surface area contributed by atoms with E-state index in [0.717, 1.165) is 19.5 Å². The Morgan fingerprint density at radius 3 is 2.50 bits per heavy atom. The minimum absolute atomic E-state index is 0.0383. The van der Waals surface area contributed by atoms with Gasteiger partial charge in [0.25, 0.3) is 0 Å². The summed E-state index contributed by atoms with van der Waals surface area (Å²) in [5.74, 6) is 0. The predicted molar refractivity (Wildman–Crippen MR) is 59.4 cm³/mol. The van der Waals surface area contributed by atoms with Crippen molar-refractivity contribution in [1.29, 1.82) is 0 Å². The smallest absolute Gasteiger partial charge is 0.317 e. The van der Waals surface area contributed by atoms with Gasteiger partial charge in [0.05, 0.1) is 0 Å². The van der Waals surface area contributed by atoms with Crippen LogP contribution in [0.25, 0.3) is 0 Å². The van der Waals surface area contributed by atoms with E-state index in [-0.39, 0.29) is 6.03 Å². The number of carbonyl (C=O) groups excluding carboxylic acids is 1. The zero-order valence-electron chi connectivity index (χ0n) is 9.42. The lowest BCUT2D eigenvalue weighted by molar-refractivity contribution is 0.207. The van der Waals surface area contributed by atoms with E-state index < -0.39 is 0 Å². The number of nitrogens with one attached hydrogen (secondary N) is 1. The predicted octanol–water partition coefficient (Wildman–Crippen LogP) is 0.766. The van der Waals surface area contributed by atoms with Gasteiger partial charge in [0, 0.05) is 20.1 Å². The molecule has 0 rings (SSSR count). The van der Waals surface area contributed by atoms with Crippen LogP contribution >= 0.6 is 0 Å². The Kier molecular flexibility index (Phi) is 6.84. The van der Waals surface area contributed by atoms with Crippen molar-refractivity contribution in [3.05, 3.63) is 12.7 Å². The molecule has 4 nitrogen and oxygen atoms in total. The van der Waals surface area contributed by atoms with E-state index in [0.29, 0.717) is 6.54 Å². The average Bonchev–Trinajstić information content (AvgIpc) is 2.13. The van der Waals surface area contributed by atoms with E-state index in [1.807, 2.05) is 14.1 Å². The Bertz CT molecular complexity index is 180. The van der Waals surface area contributed by atoms with Crippen molar-refractivity contribution in [3.63, 3.8) is 0 Å². The lowest BCUT2D eigenvalue weighted by Crippen LogP contribution is -2.38. The second-order valence-electron chi connectivity index (χ2n) is 3.55. The molecule has 0 fully saturated rings. The van der Waals surface area contributed by atoms with Gasteiger partial charge in [-0.3, -0.25) is 0 Å². The van der Waals surface area contributed by atoms with Crippen molar-refractivity contribution in [3.8, 4) is 0 Å². The Morgan fingerprint density at radius 1 is 1.36 bits per heavy atom. The molecule has 4 heteroatoms. The summed E-state index contributed by atoms with van der Waals surface area (Å²) in [6.45, 7) is 5.84. The first-order valence-corrected chi connectivity index (χ1v) is 4.82. The van der Waals surface area contributed by atoms with Crippen LogP contribution in [0.5, 0.6) is 0 Å². The molecule has 0 saturated carbocycles. The van der Waals surface area contributed by atoms with Crippen molar-refractivity contribution in [2.45, 2.75) is 6.42 Å². The van der Waals surface area contributed by atoms with Crippen LogP contribution in [-0.4, -0.2) is 56.6 Å². The van der Waals surface area contributed by atoms with E-state index in [1.54, 1.807) is 18.0 Å². The van der Waals surface area contributed by atoms with Crippen LogP contribution in [-0.2, 0) is 0 Å². The molecule has 0 aromatic heterocycles. The van der Waals surface area contributed by atoms with Crippen LogP contribution in [0.3, 0.4) is 0 Å². The maximum atomic E-state index is 11.3. The van der Waals surface area contributed by atoms with Crippen molar-refractivity contribution in [2.24, 2.45) is 0 Å². The number of urea groups is 1. The van der Waals surface area contributed by atoms with Gasteiger partial charge in [0.2, 0.25) is 0 Å². The topological polar surface area (TPSA) is 35.6 Å². The highest BCUT2D eigenvalue weighted by Crippen LogP contribution is 1.89. The van der Waals surface area contributed by atoms with Crippen LogP contribution in [0.4, 0.5) is 4.79 Å². The molecule has 0 aromatic carbocycles. The summed E-state index contributed by atoms with van der Waals surface area (Å²) >= 11 is 0. The van der Waals surface area contributed by atoms with E-state index in [4.69, 9.17) is 0 Å². The maximum absolute atomic E-state index is 11.3. The summed E-state index contributed by atoms with van der Waals surface area (Å²) in [4.78, 5) is 15.1. The van der Waals surface area contributed by atoms with Gasteiger partial charge in [-0.05, 0) is 27.1 Å². The summed E-state index contributed by atoms with van der Waals surface area (Å²) < 4.78 is 0. The zero-order valence-corrected chi connectivity index (χ0v) is 9.42. The highest BCUT2D eigenvalue weighted by atomic mass is 16.2. The standard InChI is InChI=1S/C10H21N3O/c1-5-7-11-10(14)13(4)9-6-8-12(2)3/h5H,1,6-9H2,2-4H3,(H,11,14). The van der Waals surface area contributed by atoms with Crippen molar-refractivity contribution in [2.75, 3.05) is 40.8 Å². The number of carbonyl (C=O) groups is 1. The monoisotopic (exact) mass is 199 g/mol. The summed E-state index contributed by atoms with van der Waals surface area (Å²) in [5, 5.41) is 2.73. The lowest BCUT2D eigenvalue weighted by Gasteiger charge is -2.18. The average molecular weight is 199 g/mol. The van der Waals surface area contributed by atoms with Gasteiger partial charge in [-0.25, -0.2) is 4.79 Å². The molecule has 0 spiro atoms. The van der Waals surface area contributed by atoms with Gasteiger partial charge in [0.1, 0.15) is 0 Å². The number of hydrogen-bond donors (Lipinski definition) is 1. The van der Waals surface area contributed by atoms with Gasteiger partial charge in [0.15, 0.2) is 0 Å². The molecule has 0 aliphatic carbocycles. The normalized spacial score (nSPS) is 10.0. The highest BCUT2D eigenvalue weighted by molar-refractivity contribution is 5.73. The fourth-order valence-electron chi connectivity index (χ4n) is 1.02. The third-order valence-electron chi connectivity index (χ3n) is 1.84. The van der Waals surface area contributed by atoms with Crippen LogP contribution in [0.1, 0.15) is 6.42 Å². The fraction of sp³-hybridized carbons (Fsp3) is 0.700. The van der Waals surface area contributed by atoms with Crippen LogP contribution in [0.15, 0.2) is 12.7 Å². The fourth-order valence-corrected chi connectivity index (χ4v) is 1.02. The van der Waals surface area contributed by atoms with Gasteiger partial charge >= 0.3 is 6.03 Å². The third kappa shape index (κ3) is 6.48. The van der Waals surface area contributed by atoms with E-state index in [9.17, 15) is 4.79 Å². The molecule has 14 heavy (non-hydrogen) atoms. The molecule has 0 saturated heterocycles. The van der Waals surface area contributed by atoms with Gasteiger partial charge < -0.3 is 15.1 Å². The van der Waals surface area contributed by atoms with E-state index >= 15 is 0 Å². The molecule has 0 radical (unpaired) electrons. The van der Waals surface area contributed by atoms with Crippen molar-refractivity contribution < 1.29 is 4.79 Å². The molecule has 0 bridgehead atoms. The number of hydrogen-bond acceptors (Lipinski definition) is 2. The molecule has 0 heterocycles. The molecule has 1 N–H and O–H groups in total. The second-order valence-corrected chi connectivity index (χ2v) is 3.55. The summed E-state index contributed by atoms with van der Waals surface area (Å²) in [6, 6.07) is -0.0383. The number of rotatable bonds is 6. The first-order valence-electron chi connectivity index (χ1n) is 4.82. The molecule has 0 aliphatic rings. The van der Waals surface area contributed by atoms with Crippen LogP contribution < -0.4 is 5.32 Å². The minimum Gasteiger partial charge on any atom is -0.335 e. The van der Waals surface area contributed by atoms with Crippen molar-refractivity contribution >= 4 is 6.03 Å². The zero-order chi connectivity index (χ0) is 11.0. The van der Waals surface area contributed by atoms with E-state index in [1.165, 1.54) is 0 Å². The maximum Gasteiger partial charge on any atom is 0.317 e. The second kappa shape index (κ2) is 7.38. The molecule has 82 valence electrons. The SMILES string of the molecule is C=CCNC(=O)N(C)CCCN(C)C. The van der Waals surface area contributed by atoms with Crippen LogP contribution in [0.2, 0.25) is 0 Å². The van der Waals surface area contributed by atoms with E-state index in [2.05, 4.69) is 16.8 Å². The van der Waals surface area contributed by atoms with Crippen LogP contribution in [0, 0.1) is 0 Å². The van der Waals surface area contributed by atoms with Crippen molar-refractivity contribution in [1.82, 2.24) is 15.1 Å². The summed E-state index contributed by atoms with van der Waals surface area (Å²) in [7, 11) is 5.85. The number of amides is 2. The third-order valence-corrected chi connectivity index (χ3v) is 1.84. The van der Waals surface area contributed by atoms with Gasteiger partial charge in [-0.15, -0.1) is 6.58 Å². The first kappa shape index (κ1) is 13.0. The largest absolute Gasteiger partial charge is 0.335 e. The molecule has 0 aromatic rings. The van der Waals surface area contributed by atoms with Gasteiger partial charge in [-0.2, -0.15) is 0 Å².